The van der Waals surface area contributed by atoms with Gasteiger partial charge < -0.3 is 9.80 Å². The predicted octanol–water partition coefficient (Wildman–Crippen LogP) is 6.26. The normalized spacial score (nSPS) is 22.5. The summed E-state index contributed by atoms with van der Waals surface area (Å²) in [6.45, 7) is 4.30. The highest BCUT2D eigenvalue weighted by molar-refractivity contribution is 7.92. The summed E-state index contributed by atoms with van der Waals surface area (Å²) in [5.41, 5.74) is 3.16. The minimum atomic E-state index is -3.35. The van der Waals surface area contributed by atoms with Gasteiger partial charge in [-0.3, -0.25) is 9.10 Å². The van der Waals surface area contributed by atoms with Crippen LogP contribution in [0.5, 0.6) is 0 Å². The minimum absolute atomic E-state index is 0.151. The van der Waals surface area contributed by atoms with Crippen molar-refractivity contribution in [1.29, 1.82) is 0 Å². The van der Waals surface area contributed by atoms with Gasteiger partial charge in [-0.2, -0.15) is 0 Å². The number of benzene rings is 3. The molecule has 1 atom stereocenters. The number of piperidine rings is 2. The average molecular weight is 627 g/mol. The van der Waals surface area contributed by atoms with Gasteiger partial charge in [-0.25, -0.2) is 8.42 Å². The Balaban J connectivity index is 1.22. The maximum atomic E-state index is 14.4. The third-order valence-corrected chi connectivity index (χ3v) is 11.5. The molecule has 6 rings (SSSR count). The van der Waals surface area contributed by atoms with E-state index in [0.717, 1.165) is 74.2 Å². The third kappa shape index (κ3) is 5.45. The number of halogens is 2. The van der Waals surface area contributed by atoms with Gasteiger partial charge in [0.1, 0.15) is 0 Å². The van der Waals surface area contributed by atoms with Gasteiger partial charge in [0.05, 0.1) is 27.4 Å². The molecule has 3 aromatic carbocycles. The van der Waals surface area contributed by atoms with Crippen LogP contribution in [0.3, 0.4) is 0 Å². The Labute approximate surface area is 259 Å². The zero-order chi connectivity index (χ0) is 29.5. The molecule has 2 fully saturated rings. The summed E-state index contributed by atoms with van der Waals surface area (Å²) >= 11 is 12.8. The molecule has 0 bridgehead atoms. The molecule has 2 saturated heterocycles. The monoisotopic (exact) mass is 625 g/mol. The van der Waals surface area contributed by atoms with Gasteiger partial charge in [0.25, 0.3) is 0 Å². The molecule has 1 unspecified atom stereocenters. The number of anilines is 1. The van der Waals surface area contributed by atoms with Gasteiger partial charge >= 0.3 is 0 Å². The molecular formula is C33H37Cl2N3O3S. The Morgan fingerprint density at radius 1 is 0.857 bits per heavy atom. The zero-order valence-corrected chi connectivity index (χ0v) is 26.3. The lowest BCUT2D eigenvalue weighted by atomic mass is 9.70. The van der Waals surface area contributed by atoms with Crippen molar-refractivity contribution in [2.75, 3.05) is 43.3 Å². The van der Waals surface area contributed by atoms with Gasteiger partial charge in [-0.05, 0) is 86.6 Å². The number of para-hydroxylation sites is 1. The van der Waals surface area contributed by atoms with Gasteiger partial charge in [0.2, 0.25) is 15.9 Å². The van der Waals surface area contributed by atoms with Crippen LogP contribution in [0.15, 0.2) is 72.8 Å². The van der Waals surface area contributed by atoms with Crippen LogP contribution >= 0.6 is 23.2 Å². The fraction of sp³-hybridized carbons (Fsp3) is 0.424. The summed E-state index contributed by atoms with van der Waals surface area (Å²) in [6.07, 6.45) is 5.42. The molecule has 0 aliphatic carbocycles. The van der Waals surface area contributed by atoms with Gasteiger partial charge in [0.15, 0.2) is 0 Å². The summed E-state index contributed by atoms with van der Waals surface area (Å²) in [7, 11) is -3.35. The van der Waals surface area contributed by atoms with E-state index in [2.05, 4.69) is 23.1 Å². The number of hydrogen-bond acceptors (Lipinski definition) is 4. The third-order valence-electron chi connectivity index (χ3n) is 9.68. The van der Waals surface area contributed by atoms with E-state index in [4.69, 9.17) is 23.2 Å². The van der Waals surface area contributed by atoms with Crippen LogP contribution in [0.2, 0.25) is 10.0 Å². The van der Waals surface area contributed by atoms with Gasteiger partial charge in [-0.15, -0.1) is 0 Å². The summed E-state index contributed by atoms with van der Waals surface area (Å²) < 4.78 is 26.8. The molecular weight excluding hydrogens is 589 g/mol. The van der Waals surface area contributed by atoms with Crippen molar-refractivity contribution in [1.82, 2.24) is 9.80 Å². The second kappa shape index (κ2) is 11.5. The number of rotatable bonds is 7. The molecule has 3 heterocycles. The SMILES string of the molecule is CS(=O)(=O)N1CC2(CCN(CCC3(c4ccc(Cl)c(Cl)c4)CCCN(Cc4ccccc4)C3=O)CC2)c2ccccc21. The molecule has 0 aromatic heterocycles. The van der Waals surface area contributed by atoms with Crippen LogP contribution in [0.4, 0.5) is 5.69 Å². The van der Waals surface area contributed by atoms with Crippen molar-refractivity contribution in [2.24, 2.45) is 0 Å². The van der Waals surface area contributed by atoms with Crippen molar-refractivity contribution in [2.45, 2.75) is 49.5 Å². The van der Waals surface area contributed by atoms with E-state index in [-0.39, 0.29) is 11.3 Å². The number of carbonyl (C=O) groups excluding carboxylic acids is 1. The van der Waals surface area contributed by atoms with Crippen molar-refractivity contribution in [3.05, 3.63) is 99.5 Å². The summed E-state index contributed by atoms with van der Waals surface area (Å²) in [5, 5.41) is 0.957. The second-order valence-electron chi connectivity index (χ2n) is 12.2. The number of likely N-dealkylation sites (tertiary alicyclic amines) is 2. The van der Waals surface area contributed by atoms with Gasteiger partial charge in [0, 0.05) is 25.0 Å². The van der Waals surface area contributed by atoms with Crippen LogP contribution in [0.25, 0.3) is 0 Å². The standard InChI is InChI=1S/C33H37Cl2N3O3S/c1-42(40,41)38-24-32(27-10-5-6-11-30(27)38)15-19-36(20-16-32)21-17-33(26-12-13-28(34)29(35)22-26)14-7-18-37(31(33)39)23-25-8-3-2-4-9-25/h2-6,8-13,22H,7,14-21,23-24H2,1H3. The van der Waals surface area contributed by atoms with E-state index in [1.54, 1.807) is 10.4 Å². The average Bonchev–Trinajstić information content (AvgIpc) is 3.31. The summed E-state index contributed by atoms with van der Waals surface area (Å²) in [5.74, 6) is 0.151. The largest absolute Gasteiger partial charge is 0.338 e. The van der Waals surface area contributed by atoms with Crippen molar-refractivity contribution < 1.29 is 13.2 Å². The number of nitrogens with zero attached hydrogens (tertiary/aromatic N) is 3. The zero-order valence-electron chi connectivity index (χ0n) is 23.9. The number of amides is 1. The lowest BCUT2D eigenvalue weighted by Crippen LogP contribution is -2.53. The molecule has 1 spiro atoms. The Hall–Kier alpha value is -2.58. The minimum Gasteiger partial charge on any atom is -0.338 e. The molecule has 1 amide bonds. The molecule has 0 saturated carbocycles. The summed E-state index contributed by atoms with van der Waals surface area (Å²) in [6, 6.07) is 23.8. The smallest absolute Gasteiger partial charge is 0.233 e. The molecule has 9 heteroatoms. The van der Waals surface area contributed by atoms with E-state index < -0.39 is 15.4 Å². The highest BCUT2D eigenvalue weighted by Gasteiger charge is 2.48. The number of carbonyl (C=O) groups is 1. The second-order valence-corrected chi connectivity index (χ2v) is 14.9. The Morgan fingerprint density at radius 2 is 1.57 bits per heavy atom. The number of sulfonamides is 1. The maximum absolute atomic E-state index is 14.4. The molecule has 3 aromatic rings. The van der Waals surface area contributed by atoms with E-state index >= 15 is 0 Å². The summed E-state index contributed by atoms with van der Waals surface area (Å²) in [4.78, 5) is 18.8. The molecule has 222 valence electrons. The molecule has 42 heavy (non-hydrogen) atoms. The number of hydrogen-bond donors (Lipinski definition) is 0. The fourth-order valence-electron chi connectivity index (χ4n) is 7.34. The first-order valence-corrected chi connectivity index (χ1v) is 17.3. The first-order chi connectivity index (χ1) is 20.1. The lowest BCUT2D eigenvalue weighted by Gasteiger charge is -2.45. The fourth-order valence-corrected chi connectivity index (χ4v) is 8.63. The van der Waals surface area contributed by atoms with E-state index in [1.807, 2.05) is 53.4 Å². The van der Waals surface area contributed by atoms with Crippen LogP contribution in [0.1, 0.15) is 48.8 Å². The Morgan fingerprint density at radius 3 is 2.29 bits per heavy atom. The molecule has 6 nitrogen and oxygen atoms in total. The maximum Gasteiger partial charge on any atom is 0.233 e. The predicted molar refractivity (Wildman–Crippen MR) is 170 cm³/mol. The molecule has 3 aliphatic rings. The van der Waals surface area contributed by atoms with Crippen LogP contribution in [-0.4, -0.2) is 63.1 Å². The van der Waals surface area contributed by atoms with Crippen LogP contribution in [0, 0.1) is 0 Å². The lowest BCUT2D eigenvalue weighted by molar-refractivity contribution is -0.142. The quantitative estimate of drug-likeness (QED) is 0.311. The number of fused-ring (bicyclic) bond motifs is 2. The first kappa shape index (κ1) is 29.5. The van der Waals surface area contributed by atoms with E-state index in [9.17, 15) is 13.2 Å². The molecule has 0 N–H and O–H groups in total. The topological polar surface area (TPSA) is 60.9 Å². The first-order valence-electron chi connectivity index (χ1n) is 14.7. The van der Waals surface area contributed by atoms with E-state index in [0.29, 0.717) is 29.6 Å². The molecule has 3 aliphatic heterocycles. The van der Waals surface area contributed by atoms with Gasteiger partial charge in [-0.1, -0.05) is 77.8 Å². The molecule has 0 radical (unpaired) electrons. The Bertz CT molecular complexity index is 1570. The van der Waals surface area contributed by atoms with Crippen LogP contribution in [-0.2, 0) is 32.2 Å². The van der Waals surface area contributed by atoms with Crippen molar-refractivity contribution in [3.8, 4) is 0 Å². The highest BCUT2D eigenvalue weighted by atomic mass is 35.5. The Kier molecular flexibility index (Phi) is 8.07. The van der Waals surface area contributed by atoms with E-state index in [1.165, 1.54) is 6.26 Å². The highest BCUT2D eigenvalue weighted by Crippen LogP contribution is 2.48. The van der Waals surface area contributed by atoms with Crippen LogP contribution < -0.4 is 4.31 Å². The van der Waals surface area contributed by atoms with Crippen molar-refractivity contribution >= 4 is 44.8 Å². The van der Waals surface area contributed by atoms with Crippen molar-refractivity contribution in [3.63, 3.8) is 0 Å².